The molecule has 3 nitrogen and oxygen atoms in total. The Kier molecular flexibility index (Phi) is 8.21. The maximum Gasteiger partial charge on any atom is 0.416 e. The fourth-order valence-corrected chi connectivity index (χ4v) is 1.72. The van der Waals surface area contributed by atoms with Crippen LogP contribution in [-0.4, -0.2) is 25.1 Å². The van der Waals surface area contributed by atoms with Crippen molar-refractivity contribution in [3.8, 4) is 0 Å². The Morgan fingerprint density at radius 3 is 2.05 bits per heavy atom. The number of halogens is 4. The van der Waals surface area contributed by atoms with E-state index in [2.05, 4.69) is 15.6 Å². The largest absolute Gasteiger partial charge is 0.416 e. The molecule has 2 N–H and O–H groups in total. The quantitative estimate of drug-likeness (QED) is 0.436. The van der Waals surface area contributed by atoms with Crippen molar-refractivity contribution in [3.63, 3.8) is 0 Å². The van der Waals surface area contributed by atoms with E-state index >= 15 is 0 Å². The van der Waals surface area contributed by atoms with Crippen LogP contribution in [0.25, 0.3) is 0 Å². The Morgan fingerprint density at radius 2 is 1.64 bits per heavy atom. The van der Waals surface area contributed by atoms with Crippen LogP contribution in [0.5, 0.6) is 0 Å². The van der Waals surface area contributed by atoms with E-state index in [0.29, 0.717) is 18.9 Å². The monoisotopic (exact) mass is 429 g/mol. The molecule has 0 aliphatic heterocycles. The van der Waals surface area contributed by atoms with Crippen LogP contribution in [0.2, 0.25) is 0 Å². The number of alkyl halides is 3. The van der Waals surface area contributed by atoms with Gasteiger partial charge in [-0.3, -0.25) is 4.99 Å². The number of hydrogen-bond donors (Lipinski definition) is 2. The topological polar surface area (TPSA) is 36.4 Å². The van der Waals surface area contributed by atoms with Crippen LogP contribution in [-0.2, 0) is 12.6 Å². The maximum absolute atomic E-state index is 12.4. The fraction of sp³-hybridized carbons (Fsp3) is 0.533. The smallest absolute Gasteiger partial charge is 0.356 e. The third-order valence-electron chi connectivity index (χ3n) is 2.70. The summed E-state index contributed by atoms with van der Waals surface area (Å²) in [7, 11) is 1.68. The summed E-state index contributed by atoms with van der Waals surface area (Å²) in [5.74, 6) is 0.675. The Labute approximate surface area is 146 Å². The Hall–Kier alpha value is -0.990. The van der Waals surface area contributed by atoms with E-state index < -0.39 is 11.7 Å². The van der Waals surface area contributed by atoms with Crippen LogP contribution in [0.1, 0.15) is 31.9 Å². The average molecular weight is 429 g/mol. The molecule has 1 aromatic carbocycles. The van der Waals surface area contributed by atoms with Crippen LogP contribution >= 0.6 is 24.0 Å². The van der Waals surface area contributed by atoms with Crippen LogP contribution in [0.15, 0.2) is 29.3 Å². The zero-order chi connectivity index (χ0) is 16.1. The van der Waals surface area contributed by atoms with Crippen LogP contribution < -0.4 is 10.6 Å². The van der Waals surface area contributed by atoms with Crippen molar-refractivity contribution in [1.29, 1.82) is 0 Å². The molecular formula is C15H23F3IN3. The molecule has 0 aromatic heterocycles. The summed E-state index contributed by atoms with van der Waals surface area (Å²) in [6.45, 7) is 6.67. The summed E-state index contributed by atoms with van der Waals surface area (Å²) in [6, 6.07) is 5.23. The lowest BCUT2D eigenvalue weighted by Crippen LogP contribution is -2.48. The molecule has 0 bridgehead atoms. The normalized spacial score (nSPS) is 12.6. The molecular weight excluding hydrogens is 406 g/mol. The van der Waals surface area contributed by atoms with Gasteiger partial charge in [-0.1, -0.05) is 12.1 Å². The summed E-state index contributed by atoms with van der Waals surface area (Å²) in [5.41, 5.74) is 0.127. The molecule has 0 amide bonds. The lowest BCUT2D eigenvalue weighted by Gasteiger charge is -2.23. The van der Waals surface area contributed by atoms with Crippen molar-refractivity contribution >= 4 is 29.9 Å². The lowest BCUT2D eigenvalue weighted by atomic mass is 10.1. The van der Waals surface area contributed by atoms with E-state index in [9.17, 15) is 13.2 Å². The Bertz CT molecular complexity index is 476. The molecule has 7 heteroatoms. The minimum atomic E-state index is -4.28. The van der Waals surface area contributed by atoms with Crippen molar-refractivity contribution < 1.29 is 13.2 Å². The molecule has 0 aliphatic carbocycles. The third-order valence-corrected chi connectivity index (χ3v) is 2.70. The number of benzene rings is 1. The maximum atomic E-state index is 12.4. The molecule has 0 fully saturated rings. The summed E-state index contributed by atoms with van der Waals surface area (Å²) in [6.07, 6.45) is -3.65. The van der Waals surface area contributed by atoms with E-state index in [1.807, 2.05) is 20.8 Å². The van der Waals surface area contributed by atoms with Crippen LogP contribution in [0.4, 0.5) is 13.2 Å². The zero-order valence-electron chi connectivity index (χ0n) is 13.2. The van der Waals surface area contributed by atoms with E-state index in [0.717, 1.165) is 17.7 Å². The van der Waals surface area contributed by atoms with Gasteiger partial charge in [0.25, 0.3) is 0 Å². The summed E-state index contributed by atoms with van der Waals surface area (Å²) < 4.78 is 37.3. The van der Waals surface area contributed by atoms with Crippen LogP contribution in [0, 0.1) is 0 Å². The molecule has 0 radical (unpaired) electrons. The van der Waals surface area contributed by atoms with E-state index in [1.165, 1.54) is 12.1 Å². The number of guanidine groups is 1. The first-order chi connectivity index (χ1) is 9.62. The molecule has 0 saturated heterocycles. The van der Waals surface area contributed by atoms with Gasteiger partial charge >= 0.3 is 6.18 Å². The zero-order valence-corrected chi connectivity index (χ0v) is 15.5. The van der Waals surface area contributed by atoms with Gasteiger partial charge in [0.15, 0.2) is 5.96 Å². The molecule has 0 saturated carbocycles. The van der Waals surface area contributed by atoms with E-state index in [1.54, 1.807) is 7.05 Å². The summed E-state index contributed by atoms with van der Waals surface area (Å²) in [5, 5.41) is 6.35. The van der Waals surface area contributed by atoms with Gasteiger partial charge < -0.3 is 10.6 Å². The predicted octanol–water partition coefficient (Wildman–Crippen LogP) is 3.83. The first-order valence-electron chi connectivity index (χ1n) is 6.77. The molecule has 0 aliphatic rings. The Morgan fingerprint density at radius 1 is 1.09 bits per heavy atom. The van der Waals surface area contributed by atoms with Gasteiger partial charge in [-0.15, -0.1) is 24.0 Å². The summed E-state index contributed by atoms with van der Waals surface area (Å²) in [4.78, 5) is 4.10. The first kappa shape index (κ1) is 21.0. The van der Waals surface area contributed by atoms with Gasteiger partial charge in [-0.2, -0.15) is 13.2 Å². The standard InChI is InChI=1S/C15H22F3N3.HI/c1-14(2,3)21-13(19-4)20-10-9-11-5-7-12(8-6-11)15(16,17)18;/h5-8H,9-10H2,1-4H3,(H2,19,20,21);1H. The van der Waals surface area contributed by atoms with Gasteiger partial charge in [0.1, 0.15) is 0 Å². The minimum absolute atomic E-state index is 0. The fourth-order valence-electron chi connectivity index (χ4n) is 1.72. The summed E-state index contributed by atoms with van der Waals surface area (Å²) >= 11 is 0. The molecule has 0 atom stereocenters. The highest BCUT2D eigenvalue weighted by Crippen LogP contribution is 2.29. The van der Waals surface area contributed by atoms with E-state index in [-0.39, 0.29) is 29.5 Å². The van der Waals surface area contributed by atoms with Crippen molar-refractivity contribution in [3.05, 3.63) is 35.4 Å². The molecule has 0 unspecified atom stereocenters. The molecule has 0 spiro atoms. The molecule has 1 rings (SSSR count). The highest BCUT2D eigenvalue weighted by atomic mass is 127. The number of nitrogens with zero attached hydrogens (tertiary/aromatic N) is 1. The van der Waals surface area contributed by atoms with E-state index in [4.69, 9.17) is 0 Å². The van der Waals surface area contributed by atoms with Gasteiger partial charge in [0.05, 0.1) is 5.56 Å². The number of hydrogen-bond acceptors (Lipinski definition) is 1. The highest BCUT2D eigenvalue weighted by molar-refractivity contribution is 14.0. The second-order valence-corrected chi connectivity index (χ2v) is 5.82. The molecule has 0 heterocycles. The lowest BCUT2D eigenvalue weighted by molar-refractivity contribution is -0.137. The second kappa shape index (κ2) is 8.59. The van der Waals surface area contributed by atoms with Gasteiger partial charge in [-0.05, 0) is 44.9 Å². The van der Waals surface area contributed by atoms with Gasteiger partial charge in [0, 0.05) is 19.1 Å². The van der Waals surface area contributed by atoms with Crippen molar-refractivity contribution in [2.75, 3.05) is 13.6 Å². The van der Waals surface area contributed by atoms with Crippen molar-refractivity contribution in [1.82, 2.24) is 10.6 Å². The number of rotatable bonds is 3. The average Bonchev–Trinajstić information content (AvgIpc) is 2.35. The predicted molar refractivity (Wildman–Crippen MR) is 94.8 cm³/mol. The van der Waals surface area contributed by atoms with Crippen LogP contribution in [0.3, 0.4) is 0 Å². The SMILES string of the molecule is CN=C(NCCc1ccc(C(F)(F)F)cc1)NC(C)(C)C.I. The minimum Gasteiger partial charge on any atom is -0.356 e. The Balaban J connectivity index is 0.00000441. The second-order valence-electron chi connectivity index (χ2n) is 5.82. The van der Waals surface area contributed by atoms with Gasteiger partial charge in [0.2, 0.25) is 0 Å². The third kappa shape index (κ3) is 7.86. The van der Waals surface area contributed by atoms with Crippen molar-refractivity contribution in [2.45, 2.75) is 38.9 Å². The molecule has 126 valence electrons. The molecule has 22 heavy (non-hydrogen) atoms. The van der Waals surface area contributed by atoms with Gasteiger partial charge in [-0.25, -0.2) is 0 Å². The highest BCUT2D eigenvalue weighted by Gasteiger charge is 2.29. The number of nitrogens with one attached hydrogen (secondary N) is 2. The number of aliphatic imine (C=N–C) groups is 1. The molecule has 1 aromatic rings. The van der Waals surface area contributed by atoms with Crippen molar-refractivity contribution in [2.24, 2.45) is 4.99 Å². The first-order valence-corrected chi connectivity index (χ1v) is 6.77.